The lowest BCUT2D eigenvalue weighted by molar-refractivity contribution is 0.547. The Balaban J connectivity index is 2.62. The maximum atomic E-state index is 9.58. The topological polar surface area (TPSA) is 29.1 Å². The third kappa shape index (κ3) is 5.63. The Bertz CT molecular complexity index is 54.5. The molecule has 0 aromatic carbocycles. The second-order valence-corrected chi connectivity index (χ2v) is 1.67. The molecule has 0 fully saturated rings. The molecule has 0 saturated carbocycles. The minimum Gasteiger partial charge on any atom is -0.310 e. The number of unbranched alkanes of at least 4 members (excludes halogenated alkanes) is 1. The first-order valence-electron chi connectivity index (χ1n) is 2.97. The fourth-order valence-electron chi connectivity index (χ4n) is 0.441. The van der Waals surface area contributed by atoms with Crippen LogP contribution in [0.1, 0.15) is 19.8 Å². The van der Waals surface area contributed by atoms with Crippen molar-refractivity contribution < 1.29 is 4.79 Å². The predicted molar refractivity (Wildman–Crippen MR) is 33.5 cm³/mol. The highest BCUT2D eigenvalue weighted by Crippen LogP contribution is 1.80. The first-order chi connectivity index (χ1) is 3.91. The van der Waals surface area contributed by atoms with E-state index in [1.807, 2.05) is 0 Å². The first-order valence-corrected chi connectivity index (χ1v) is 2.97. The summed E-state index contributed by atoms with van der Waals surface area (Å²) in [5.74, 6) is 0. The van der Waals surface area contributed by atoms with E-state index in [1.165, 1.54) is 6.42 Å². The Kier molecular flexibility index (Phi) is 6.32. The second-order valence-electron chi connectivity index (χ2n) is 1.67. The normalized spacial score (nSPS) is 9.12. The first kappa shape index (κ1) is 7.63. The van der Waals surface area contributed by atoms with Gasteiger partial charge in [-0.05, 0) is 13.0 Å². The minimum atomic E-state index is 0.375. The van der Waals surface area contributed by atoms with Crippen molar-refractivity contribution in [1.82, 2.24) is 5.32 Å². The lowest BCUT2D eigenvalue weighted by atomic mass is 10.3. The summed E-state index contributed by atoms with van der Waals surface area (Å²) < 4.78 is 0. The molecule has 0 bridgehead atoms. The Morgan fingerprint density at radius 1 is 1.62 bits per heavy atom. The summed E-state index contributed by atoms with van der Waals surface area (Å²) in [7, 11) is 0. The number of hydrogen-bond donors (Lipinski definition) is 1. The molecule has 2 heteroatoms. The van der Waals surface area contributed by atoms with Gasteiger partial charge in [0.25, 0.3) is 0 Å². The molecule has 0 aliphatic heterocycles. The summed E-state index contributed by atoms with van der Waals surface area (Å²) in [6.07, 6.45) is 4.08. The van der Waals surface area contributed by atoms with Gasteiger partial charge in [0.05, 0.1) is 6.54 Å². The predicted octanol–water partition coefficient (Wildman–Crippen LogP) is 0.486. The molecule has 2 nitrogen and oxygen atoms in total. The van der Waals surface area contributed by atoms with Crippen molar-refractivity contribution in [2.45, 2.75) is 19.8 Å². The molecule has 0 saturated heterocycles. The van der Waals surface area contributed by atoms with Gasteiger partial charge in [-0.15, -0.1) is 0 Å². The van der Waals surface area contributed by atoms with E-state index in [4.69, 9.17) is 0 Å². The highest BCUT2D eigenvalue weighted by molar-refractivity contribution is 5.52. The molecule has 0 spiro atoms. The highest BCUT2D eigenvalue weighted by atomic mass is 16.1. The fraction of sp³-hybridized carbons (Fsp3) is 0.833. The molecule has 0 rings (SSSR count). The van der Waals surface area contributed by atoms with E-state index >= 15 is 0 Å². The molecule has 0 aromatic heterocycles. The number of rotatable bonds is 5. The minimum absolute atomic E-state index is 0.375. The number of carbonyl (C=O) groups excluding carboxylic acids is 1. The van der Waals surface area contributed by atoms with Gasteiger partial charge in [-0.1, -0.05) is 13.3 Å². The van der Waals surface area contributed by atoms with Crippen LogP contribution >= 0.6 is 0 Å². The standard InChI is InChI=1S/C6H12NO/c1-2-3-4-7-5-6-8/h7H,2-5H2,1H3. The van der Waals surface area contributed by atoms with E-state index in [1.54, 1.807) is 6.29 Å². The van der Waals surface area contributed by atoms with E-state index in [9.17, 15) is 4.79 Å². The van der Waals surface area contributed by atoms with Crippen LogP contribution in [0.5, 0.6) is 0 Å². The Morgan fingerprint density at radius 2 is 2.38 bits per heavy atom. The SMILES string of the molecule is CCCCNC[C]=O. The number of hydrogen-bond acceptors (Lipinski definition) is 2. The molecular weight excluding hydrogens is 102 g/mol. The summed E-state index contributed by atoms with van der Waals surface area (Å²) in [6, 6.07) is 0. The van der Waals surface area contributed by atoms with E-state index < -0.39 is 0 Å². The zero-order valence-electron chi connectivity index (χ0n) is 5.24. The van der Waals surface area contributed by atoms with E-state index in [0.29, 0.717) is 6.54 Å². The zero-order valence-corrected chi connectivity index (χ0v) is 5.24. The van der Waals surface area contributed by atoms with Gasteiger partial charge in [0.15, 0.2) is 0 Å². The Morgan fingerprint density at radius 3 is 2.88 bits per heavy atom. The quantitative estimate of drug-likeness (QED) is 0.527. The van der Waals surface area contributed by atoms with E-state index in [2.05, 4.69) is 12.2 Å². The van der Waals surface area contributed by atoms with Gasteiger partial charge in [-0.2, -0.15) is 0 Å². The number of nitrogens with one attached hydrogen (secondary N) is 1. The summed E-state index contributed by atoms with van der Waals surface area (Å²) >= 11 is 0. The summed E-state index contributed by atoms with van der Waals surface area (Å²) in [6.45, 7) is 3.43. The summed E-state index contributed by atoms with van der Waals surface area (Å²) in [4.78, 5) is 9.58. The van der Waals surface area contributed by atoms with Gasteiger partial charge in [-0.25, -0.2) is 0 Å². The zero-order chi connectivity index (χ0) is 6.24. The van der Waals surface area contributed by atoms with Crippen molar-refractivity contribution in [1.29, 1.82) is 0 Å². The third-order valence-electron chi connectivity index (χ3n) is 0.904. The molecule has 0 aliphatic rings. The van der Waals surface area contributed by atoms with Gasteiger partial charge in [0, 0.05) is 0 Å². The fourth-order valence-corrected chi connectivity index (χ4v) is 0.441. The van der Waals surface area contributed by atoms with Crippen molar-refractivity contribution in [2.75, 3.05) is 13.1 Å². The van der Waals surface area contributed by atoms with Gasteiger partial charge in [-0.3, -0.25) is 4.79 Å². The van der Waals surface area contributed by atoms with Crippen molar-refractivity contribution in [3.8, 4) is 0 Å². The van der Waals surface area contributed by atoms with Gasteiger partial charge < -0.3 is 5.32 Å². The summed E-state index contributed by atoms with van der Waals surface area (Å²) in [5, 5.41) is 2.91. The van der Waals surface area contributed by atoms with Gasteiger partial charge in [0.2, 0.25) is 6.29 Å². The van der Waals surface area contributed by atoms with Crippen LogP contribution in [0.4, 0.5) is 0 Å². The average molecular weight is 114 g/mol. The Hall–Kier alpha value is -0.370. The van der Waals surface area contributed by atoms with Crippen LogP contribution in [-0.4, -0.2) is 19.4 Å². The van der Waals surface area contributed by atoms with Crippen molar-refractivity contribution >= 4 is 6.29 Å². The summed E-state index contributed by atoms with van der Waals surface area (Å²) in [5.41, 5.74) is 0. The van der Waals surface area contributed by atoms with Crippen molar-refractivity contribution in [3.63, 3.8) is 0 Å². The van der Waals surface area contributed by atoms with E-state index in [-0.39, 0.29) is 0 Å². The van der Waals surface area contributed by atoms with Crippen LogP contribution in [0.25, 0.3) is 0 Å². The van der Waals surface area contributed by atoms with Crippen LogP contribution in [0, 0.1) is 0 Å². The van der Waals surface area contributed by atoms with Gasteiger partial charge >= 0.3 is 0 Å². The molecule has 0 unspecified atom stereocenters. The smallest absolute Gasteiger partial charge is 0.213 e. The molecular formula is C6H12NO. The average Bonchev–Trinajstić information content (AvgIpc) is 1.81. The van der Waals surface area contributed by atoms with Crippen molar-refractivity contribution in [3.05, 3.63) is 0 Å². The molecule has 0 atom stereocenters. The molecule has 1 radical (unpaired) electrons. The molecule has 0 amide bonds. The maximum Gasteiger partial charge on any atom is 0.213 e. The van der Waals surface area contributed by atoms with E-state index in [0.717, 1.165) is 13.0 Å². The monoisotopic (exact) mass is 114 g/mol. The molecule has 47 valence electrons. The Labute approximate surface area is 50.3 Å². The van der Waals surface area contributed by atoms with Crippen LogP contribution in [-0.2, 0) is 4.79 Å². The molecule has 0 aliphatic carbocycles. The lowest BCUT2D eigenvalue weighted by Gasteiger charge is -1.94. The second kappa shape index (κ2) is 6.63. The van der Waals surface area contributed by atoms with Crippen LogP contribution in [0.3, 0.4) is 0 Å². The van der Waals surface area contributed by atoms with Crippen molar-refractivity contribution in [2.24, 2.45) is 0 Å². The maximum absolute atomic E-state index is 9.58. The molecule has 0 heterocycles. The molecule has 0 aromatic rings. The van der Waals surface area contributed by atoms with Gasteiger partial charge in [0.1, 0.15) is 0 Å². The van der Waals surface area contributed by atoms with Crippen LogP contribution in [0.15, 0.2) is 0 Å². The lowest BCUT2D eigenvalue weighted by Crippen LogP contribution is -2.16. The van der Waals surface area contributed by atoms with Crippen LogP contribution in [0.2, 0.25) is 0 Å². The largest absolute Gasteiger partial charge is 0.310 e. The highest BCUT2D eigenvalue weighted by Gasteiger charge is 1.81. The molecule has 8 heavy (non-hydrogen) atoms. The third-order valence-corrected chi connectivity index (χ3v) is 0.904. The van der Waals surface area contributed by atoms with Crippen LogP contribution < -0.4 is 5.32 Å². The molecule has 1 N–H and O–H groups in total.